The average Bonchev–Trinajstić information content (AvgIpc) is 2.09. The van der Waals surface area contributed by atoms with Crippen molar-refractivity contribution in [3.8, 4) is 0 Å². The molecule has 0 nitrogen and oxygen atoms in total. The van der Waals surface area contributed by atoms with Crippen LogP contribution in [0.5, 0.6) is 0 Å². The van der Waals surface area contributed by atoms with Crippen LogP contribution in [0.1, 0.15) is 25.3 Å². The number of rotatable bonds is 3. The maximum atomic E-state index is 2.32. The van der Waals surface area contributed by atoms with Crippen molar-refractivity contribution < 1.29 is 0 Å². The molecule has 0 amide bonds. The summed E-state index contributed by atoms with van der Waals surface area (Å²) in [4.78, 5) is 0. The fraction of sp³-hybridized carbons (Fsp3) is 0.273. The lowest BCUT2D eigenvalue weighted by Gasteiger charge is -1.92. The highest BCUT2D eigenvalue weighted by Crippen LogP contribution is 2.08. The molecule has 1 aromatic carbocycles. The lowest BCUT2D eigenvalue weighted by molar-refractivity contribution is 0.962. The van der Waals surface area contributed by atoms with E-state index < -0.39 is 0 Å². The van der Waals surface area contributed by atoms with Crippen molar-refractivity contribution in [3.63, 3.8) is 0 Å². The maximum Gasteiger partial charge on any atom is 0.0130 e. The number of hydrogen-bond acceptors (Lipinski definition) is 0. The molecule has 1 rings (SSSR count). The van der Waals surface area contributed by atoms with Crippen LogP contribution in [0.2, 0.25) is 0 Å². The average molecular weight is 272 g/mol. The molecule has 0 aliphatic carbocycles. The zero-order valence-electron chi connectivity index (χ0n) is 7.26. The zero-order chi connectivity index (χ0) is 8.81. The van der Waals surface area contributed by atoms with Crippen molar-refractivity contribution in [3.05, 3.63) is 39.5 Å². The van der Waals surface area contributed by atoms with Crippen LogP contribution in [0.15, 0.2) is 30.3 Å². The second-order valence-corrected chi connectivity index (χ2v) is 3.99. The van der Waals surface area contributed by atoms with E-state index in [0.717, 1.165) is 0 Å². The Balaban J connectivity index is 2.58. The molecule has 0 aliphatic heterocycles. The smallest absolute Gasteiger partial charge is 0.0130 e. The van der Waals surface area contributed by atoms with E-state index in [0.29, 0.717) is 0 Å². The summed E-state index contributed by atoms with van der Waals surface area (Å²) in [5, 5.41) is 0. The molecule has 0 aromatic heterocycles. The summed E-state index contributed by atoms with van der Waals surface area (Å²) in [5.41, 5.74) is 1.30. The summed E-state index contributed by atoms with van der Waals surface area (Å²) in [6.45, 7) is 2.19. The van der Waals surface area contributed by atoms with Crippen LogP contribution in [0.3, 0.4) is 0 Å². The molecule has 0 saturated carbocycles. The molecule has 0 atom stereocenters. The monoisotopic (exact) mass is 272 g/mol. The summed E-state index contributed by atoms with van der Waals surface area (Å²) >= 11 is 2.32. The van der Waals surface area contributed by atoms with Gasteiger partial charge in [0.05, 0.1) is 0 Å². The van der Waals surface area contributed by atoms with Crippen molar-refractivity contribution in [2.24, 2.45) is 0 Å². The fourth-order valence-electron chi connectivity index (χ4n) is 0.960. The van der Waals surface area contributed by atoms with Crippen LogP contribution in [-0.4, -0.2) is 0 Å². The van der Waals surface area contributed by atoms with Gasteiger partial charge < -0.3 is 0 Å². The Labute approximate surface area is 87.8 Å². The molecule has 0 heterocycles. The standard InChI is InChI=1S/C11H13I/c1-2-3-4-5-10-6-8-11(12)9-7-10/h4-9H,2-3H2,1H3/b5-4+. The highest BCUT2D eigenvalue weighted by molar-refractivity contribution is 14.1. The molecule has 0 N–H and O–H groups in total. The molecule has 0 spiro atoms. The number of allylic oxidation sites excluding steroid dienone is 1. The number of unbranched alkanes of at least 4 members (excludes halogenated alkanes) is 1. The minimum absolute atomic E-state index is 1.17. The lowest BCUT2D eigenvalue weighted by atomic mass is 10.2. The highest BCUT2D eigenvalue weighted by atomic mass is 127. The van der Waals surface area contributed by atoms with Crippen LogP contribution in [0, 0.1) is 3.57 Å². The number of benzene rings is 1. The van der Waals surface area contributed by atoms with Crippen LogP contribution in [0.4, 0.5) is 0 Å². The van der Waals surface area contributed by atoms with Crippen LogP contribution < -0.4 is 0 Å². The van der Waals surface area contributed by atoms with E-state index in [1.165, 1.54) is 22.0 Å². The summed E-state index contributed by atoms with van der Waals surface area (Å²) in [5.74, 6) is 0. The molecular weight excluding hydrogens is 259 g/mol. The first-order valence-electron chi connectivity index (χ1n) is 4.25. The van der Waals surface area contributed by atoms with E-state index >= 15 is 0 Å². The Morgan fingerprint density at radius 1 is 1.25 bits per heavy atom. The minimum Gasteiger partial charge on any atom is -0.0840 e. The van der Waals surface area contributed by atoms with Crippen molar-refractivity contribution in [2.75, 3.05) is 0 Å². The minimum atomic E-state index is 1.17. The Bertz CT molecular complexity index is 246. The van der Waals surface area contributed by atoms with E-state index in [2.05, 4.69) is 65.9 Å². The first kappa shape index (κ1) is 9.78. The van der Waals surface area contributed by atoms with Gasteiger partial charge in [0, 0.05) is 3.57 Å². The maximum absolute atomic E-state index is 2.32. The molecule has 0 fully saturated rings. The fourth-order valence-corrected chi connectivity index (χ4v) is 1.32. The molecule has 0 aliphatic rings. The SMILES string of the molecule is CCC/C=C/c1ccc(I)cc1. The van der Waals surface area contributed by atoms with Gasteiger partial charge in [0.25, 0.3) is 0 Å². The first-order valence-corrected chi connectivity index (χ1v) is 5.33. The normalized spacial score (nSPS) is 10.8. The predicted octanol–water partition coefficient (Wildman–Crippen LogP) is 4.10. The third-order valence-electron chi connectivity index (χ3n) is 1.64. The van der Waals surface area contributed by atoms with Gasteiger partial charge in [-0.2, -0.15) is 0 Å². The van der Waals surface area contributed by atoms with E-state index in [1.807, 2.05) is 0 Å². The second-order valence-electron chi connectivity index (χ2n) is 2.74. The van der Waals surface area contributed by atoms with Gasteiger partial charge in [-0.15, -0.1) is 0 Å². The van der Waals surface area contributed by atoms with Crippen LogP contribution >= 0.6 is 22.6 Å². The molecule has 0 radical (unpaired) electrons. The van der Waals surface area contributed by atoms with Crippen LogP contribution in [-0.2, 0) is 0 Å². The Kier molecular flexibility index (Phi) is 4.36. The quantitative estimate of drug-likeness (QED) is 0.726. The summed E-state index contributed by atoms with van der Waals surface area (Å²) in [6.07, 6.45) is 6.80. The van der Waals surface area contributed by atoms with E-state index in [9.17, 15) is 0 Å². The van der Waals surface area contributed by atoms with E-state index in [4.69, 9.17) is 0 Å². The zero-order valence-corrected chi connectivity index (χ0v) is 9.41. The van der Waals surface area contributed by atoms with Crippen molar-refractivity contribution in [2.45, 2.75) is 19.8 Å². The van der Waals surface area contributed by atoms with Crippen molar-refractivity contribution >= 4 is 28.7 Å². The van der Waals surface area contributed by atoms with Gasteiger partial charge in [-0.3, -0.25) is 0 Å². The van der Waals surface area contributed by atoms with Gasteiger partial charge >= 0.3 is 0 Å². The molecular formula is C11H13I. The largest absolute Gasteiger partial charge is 0.0840 e. The van der Waals surface area contributed by atoms with Gasteiger partial charge in [-0.1, -0.05) is 37.6 Å². The first-order chi connectivity index (χ1) is 5.83. The van der Waals surface area contributed by atoms with Crippen LogP contribution in [0.25, 0.3) is 6.08 Å². The Morgan fingerprint density at radius 3 is 2.50 bits per heavy atom. The van der Waals surface area contributed by atoms with Gasteiger partial charge in [0.15, 0.2) is 0 Å². The van der Waals surface area contributed by atoms with E-state index in [1.54, 1.807) is 0 Å². The van der Waals surface area contributed by atoms with Gasteiger partial charge in [0.2, 0.25) is 0 Å². The number of hydrogen-bond donors (Lipinski definition) is 0. The summed E-state index contributed by atoms with van der Waals surface area (Å²) in [6, 6.07) is 8.56. The van der Waals surface area contributed by atoms with Crippen molar-refractivity contribution in [1.29, 1.82) is 0 Å². The highest BCUT2D eigenvalue weighted by Gasteiger charge is 1.85. The van der Waals surface area contributed by atoms with Gasteiger partial charge in [-0.25, -0.2) is 0 Å². The summed E-state index contributed by atoms with van der Waals surface area (Å²) in [7, 11) is 0. The van der Waals surface area contributed by atoms with Crippen molar-refractivity contribution in [1.82, 2.24) is 0 Å². The molecule has 1 aromatic rings. The Morgan fingerprint density at radius 2 is 1.92 bits per heavy atom. The van der Waals surface area contributed by atoms with Gasteiger partial charge in [-0.05, 0) is 46.7 Å². The third kappa shape index (κ3) is 3.39. The predicted molar refractivity (Wildman–Crippen MR) is 63.1 cm³/mol. The second kappa shape index (κ2) is 5.36. The molecule has 64 valence electrons. The van der Waals surface area contributed by atoms with Gasteiger partial charge in [0.1, 0.15) is 0 Å². The molecule has 0 unspecified atom stereocenters. The number of halogens is 1. The summed E-state index contributed by atoms with van der Waals surface area (Å²) < 4.78 is 1.29. The molecule has 1 heteroatoms. The third-order valence-corrected chi connectivity index (χ3v) is 2.35. The topological polar surface area (TPSA) is 0 Å². The molecule has 0 saturated heterocycles. The lowest BCUT2D eigenvalue weighted by Crippen LogP contribution is -1.72. The molecule has 0 bridgehead atoms. The van der Waals surface area contributed by atoms with E-state index in [-0.39, 0.29) is 0 Å². The Hall–Kier alpha value is -0.310. The molecule has 12 heavy (non-hydrogen) atoms.